The molecule has 1 N–H and O–H groups in total. The first-order valence-corrected chi connectivity index (χ1v) is 10.6. The number of likely N-dealkylation sites (tertiary alicyclic amines) is 1. The summed E-state index contributed by atoms with van der Waals surface area (Å²) in [6, 6.07) is 8.06. The van der Waals surface area contributed by atoms with Crippen molar-refractivity contribution >= 4 is 17.6 Å². The Balaban J connectivity index is 1.68. The lowest BCUT2D eigenvalue weighted by molar-refractivity contribution is -0.137. The van der Waals surface area contributed by atoms with Crippen LogP contribution in [-0.4, -0.2) is 98.1 Å². The average Bonchev–Trinajstić information content (AvgIpc) is 2.72. The Labute approximate surface area is 173 Å². The molecule has 0 aliphatic carbocycles. The van der Waals surface area contributed by atoms with Gasteiger partial charge in [-0.2, -0.15) is 0 Å². The Morgan fingerprint density at radius 2 is 1.72 bits per heavy atom. The molecule has 0 aromatic heterocycles. The van der Waals surface area contributed by atoms with E-state index in [1.165, 1.54) is 0 Å². The summed E-state index contributed by atoms with van der Waals surface area (Å²) in [5.41, 5.74) is 1.76. The van der Waals surface area contributed by atoms with E-state index in [1.54, 1.807) is 0 Å². The molecular weight excluding hydrogens is 368 g/mol. The number of amides is 1. The minimum atomic E-state index is -0.759. The summed E-state index contributed by atoms with van der Waals surface area (Å²) in [7, 11) is 6.10. The highest BCUT2D eigenvalue weighted by Crippen LogP contribution is 2.28. The number of likely N-dealkylation sites (N-methyl/N-ethyl adjacent to an activating group) is 1. The number of rotatable bonds is 6. The Morgan fingerprint density at radius 3 is 2.31 bits per heavy atom. The van der Waals surface area contributed by atoms with E-state index in [4.69, 9.17) is 0 Å². The van der Waals surface area contributed by atoms with Gasteiger partial charge in [0.15, 0.2) is 0 Å². The maximum absolute atomic E-state index is 13.1. The first-order chi connectivity index (χ1) is 13.8. The minimum Gasteiger partial charge on any atom is -0.481 e. The van der Waals surface area contributed by atoms with E-state index < -0.39 is 5.97 Å². The van der Waals surface area contributed by atoms with Crippen molar-refractivity contribution in [3.8, 4) is 0 Å². The number of aliphatic carboxylic acids is 1. The maximum atomic E-state index is 13.1. The molecule has 1 amide bonds. The fraction of sp³-hybridized carbons (Fsp3) is 0.636. The zero-order chi connectivity index (χ0) is 21.0. The SMILES string of the molecule is CN1CCN([C@H]2CCN(C(=O)c3ccc(N(C)C)cc3)C[C@H]2CCC(=O)O)CC1. The van der Waals surface area contributed by atoms with E-state index in [0.29, 0.717) is 24.6 Å². The molecule has 0 unspecified atom stereocenters. The Kier molecular flexibility index (Phi) is 7.14. The number of carboxylic acids is 1. The third-order valence-electron chi connectivity index (χ3n) is 6.35. The molecule has 2 aliphatic heterocycles. The van der Waals surface area contributed by atoms with Gasteiger partial charge < -0.3 is 19.8 Å². The van der Waals surface area contributed by atoms with Crippen LogP contribution in [0.3, 0.4) is 0 Å². The van der Waals surface area contributed by atoms with Crippen molar-refractivity contribution in [2.24, 2.45) is 5.92 Å². The fourth-order valence-electron chi connectivity index (χ4n) is 4.52. The van der Waals surface area contributed by atoms with Crippen molar-refractivity contribution in [2.45, 2.75) is 25.3 Å². The molecule has 1 aromatic rings. The number of hydrogen-bond donors (Lipinski definition) is 1. The summed E-state index contributed by atoms with van der Waals surface area (Å²) in [5.74, 6) is -0.509. The predicted octanol–water partition coefficient (Wildman–Crippen LogP) is 1.70. The first-order valence-electron chi connectivity index (χ1n) is 10.6. The van der Waals surface area contributed by atoms with Crippen molar-refractivity contribution in [3.63, 3.8) is 0 Å². The molecule has 2 heterocycles. The van der Waals surface area contributed by atoms with Gasteiger partial charge in [0.25, 0.3) is 5.91 Å². The largest absolute Gasteiger partial charge is 0.481 e. The fourth-order valence-corrected chi connectivity index (χ4v) is 4.52. The highest BCUT2D eigenvalue weighted by Gasteiger charge is 2.36. The molecule has 2 aliphatic rings. The van der Waals surface area contributed by atoms with Crippen LogP contribution in [0.4, 0.5) is 5.69 Å². The van der Waals surface area contributed by atoms with Crippen molar-refractivity contribution in [1.29, 1.82) is 0 Å². The Bertz CT molecular complexity index is 699. The number of carboxylic acid groups (broad SMARTS) is 1. The number of nitrogens with zero attached hydrogens (tertiary/aromatic N) is 4. The highest BCUT2D eigenvalue weighted by molar-refractivity contribution is 5.94. The van der Waals surface area contributed by atoms with Crippen LogP contribution in [0.2, 0.25) is 0 Å². The quantitative estimate of drug-likeness (QED) is 0.781. The van der Waals surface area contributed by atoms with Crippen LogP contribution >= 0.6 is 0 Å². The van der Waals surface area contributed by atoms with Crippen LogP contribution in [0.15, 0.2) is 24.3 Å². The zero-order valence-corrected chi connectivity index (χ0v) is 17.9. The van der Waals surface area contributed by atoms with Gasteiger partial charge in [0.05, 0.1) is 0 Å². The smallest absolute Gasteiger partial charge is 0.303 e. The lowest BCUT2D eigenvalue weighted by Gasteiger charge is -2.46. The molecule has 7 nitrogen and oxygen atoms in total. The van der Waals surface area contributed by atoms with Gasteiger partial charge in [-0.25, -0.2) is 0 Å². The normalized spacial score (nSPS) is 23.8. The predicted molar refractivity (Wildman–Crippen MR) is 115 cm³/mol. The van der Waals surface area contributed by atoms with Crippen LogP contribution in [0.25, 0.3) is 0 Å². The number of carbonyl (C=O) groups excluding carboxylic acids is 1. The Hall–Kier alpha value is -2.12. The third-order valence-corrected chi connectivity index (χ3v) is 6.35. The lowest BCUT2D eigenvalue weighted by atomic mass is 9.86. The molecule has 29 heavy (non-hydrogen) atoms. The van der Waals surface area contributed by atoms with Gasteiger partial charge in [-0.3, -0.25) is 14.5 Å². The van der Waals surface area contributed by atoms with Gasteiger partial charge in [0.2, 0.25) is 0 Å². The second kappa shape index (κ2) is 9.59. The second-order valence-electron chi connectivity index (χ2n) is 8.58. The molecule has 0 bridgehead atoms. The van der Waals surface area contributed by atoms with Gasteiger partial charge in [-0.15, -0.1) is 0 Å². The lowest BCUT2D eigenvalue weighted by Crippen LogP contribution is -2.57. The van der Waals surface area contributed by atoms with E-state index in [-0.39, 0.29) is 18.2 Å². The summed E-state index contributed by atoms with van der Waals surface area (Å²) >= 11 is 0. The monoisotopic (exact) mass is 402 g/mol. The third kappa shape index (κ3) is 5.48. The number of benzene rings is 1. The van der Waals surface area contributed by atoms with Crippen LogP contribution in [0, 0.1) is 5.92 Å². The Morgan fingerprint density at radius 1 is 1.07 bits per heavy atom. The van der Waals surface area contributed by atoms with Crippen LogP contribution in [0.5, 0.6) is 0 Å². The number of carbonyl (C=O) groups is 2. The van der Waals surface area contributed by atoms with E-state index in [2.05, 4.69) is 16.8 Å². The first kappa shape index (κ1) is 21.6. The molecule has 0 saturated carbocycles. The summed E-state index contributed by atoms with van der Waals surface area (Å²) < 4.78 is 0. The molecule has 2 saturated heterocycles. The molecule has 3 rings (SSSR count). The topological polar surface area (TPSA) is 67.3 Å². The van der Waals surface area contributed by atoms with Crippen molar-refractivity contribution in [1.82, 2.24) is 14.7 Å². The van der Waals surface area contributed by atoms with Gasteiger partial charge in [-0.05, 0) is 50.1 Å². The van der Waals surface area contributed by atoms with E-state index in [9.17, 15) is 14.7 Å². The van der Waals surface area contributed by atoms with E-state index >= 15 is 0 Å². The van der Waals surface area contributed by atoms with Crippen LogP contribution in [0.1, 0.15) is 29.6 Å². The molecule has 0 radical (unpaired) electrons. The van der Waals surface area contributed by atoms with Gasteiger partial charge in [-0.1, -0.05) is 0 Å². The molecule has 0 spiro atoms. The number of hydrogen-bond acceptors (Lipinski definition) is 5. The van der Waals surface area contributed by atoms with Crippen LogP contribution in [-0.2, 0) is 4.79 Å². The number of piperidine rings is 1. The number of piperazine rings is 1. The van der Waals surface area contributed by atoms with E-state index in [0.717, 1.165) is 44.8 Å². The average molecular weight is 403 g/mol. The molecule has 2 atom stereocenters. The minimum absolute atomic E-state index is 0.0486. The standard InChI is InChI=1S/C22H34N4O3/c1-23(2)19-7-4-17(5-8-19)22(29)26-11-10-20(18(16-26)6-9-21(27)28)25-14-12-24(3)13-15-25/h4-5,7-8,18,20H,6,9-16H2,1-3H3,(H,27,28)/t18-,20+/m1/s1. The van der Waals surface area contributed by atoms with Crippen molar-refractivity contribution in [2.75, 3.05) is 65.3 Å². The van der Waals surface area contributed by atoms with Gasteiger partial charge in [0.1, 0.15) is 0 Å². The zero-order valence-electron chi connectivity index (χ0n) is 17.9. The van der Waals surface area contributed by atoms with Crippen LogP contribution < -0.4 is 4.90 Å². The number of anilines is 1. The maximum Gasteiger partial charge on any atom is 0.303 e. The molecule has 160 valence electrons. The van der Waals surface area contributed by atoms with Crippen molar-refractivity contribution < 1.29 is 14.7 Å². The molecule has 7 heteroatoms. The summed E-state index contributed by atoms with van der Waals surface area (Å²) in [6.07, 6.45) is 1.69. The summed E-state index contributed by atoms with van der Waals surface area (Å²) in [6.45, 7) is 5.49. The van der Waals surface area contributed by atoms with Gasteiger partial charge in [0, 0.05) is 77.1 Å². The highest BCUT2D eigenvalue weighted by atomic mass is 16.4. The summed E-state index contributed by atoms with van der Waals surface area (Å²) in [5, 5.41) is 9.19. The second-order valence-corrected chi connectivity index (χ2v) is 8.58. The summed E-state index contributed by atoms with van der Waals surface area (Å²) in [4.78, 5) is 33.0. The van der Waals surface area contributed by atoms with Crippen molar-refractivity contribution in [3.05, 3.63) is 29.8 Å². The van der Waals surface area contributed by atoms with Gasteiger partial charge >= 0.3 is 5.97 Å². The molecule has 1 aromatic carbocycles. The molecule has 2 fully saturated rings. The van der Waals surface area contributed by atoms with E-state index in [1.807, 2.05) is 48.2 Å². The molecular formula is C22H34N4O3.